The molecule has 1 aliphatic heterocycles. The number of allylic oxidation sites excluding steroid dienone is 1. The van der Waals surface area contributed by atoms with Crippen molar-refractivity contribution in [3.63, 3.8) is 0 Å². The monoisotopic (exact) mass is 400 g/mol. The first-order valence-electron chi connectivity index (χ1n) is 8.57. The molecule has 2 nitrogen and oxygen atoms in total. The van der Waals surface area contributed by atoms with Crippen molar-refractivity contribution in [2.45, 2.75) is 38.4 Å². The van der Waals surface area contributed by atoms with E-state index in [0.717, 1.165) is 12.3 Å². The molecule has 0 radical (unpaired) electrons. The van der Waals surface area contributed by atoms with Crippen molar-refractivity contribution < 1.29 is 18.3 Å². The number of rotatable bonds is 4. The summed E-state index contributed by atoms with van der Waals surface area (Å²) in [6.07, 6.45) is 7.30. The van der Waals surface area contributed by atoms with E-state index in [1.807, 2.05) is 6.08 Å². The molecule has 0 aromatic heterocycles. The van der Waals surface area contributed by atoms with Gasteiger partial charge in [-0.2, -0.15) is 0 Å². The molecule has 2 fully saturated rings. The van der Waals surface area contributed by atoms with E-state index in [2.05, 4.69) is 22.5 Å². The summed E-state index contributed by atoms with van der Waals surface area (Å²) in [6.45, 7) is 4.99. The van der Waals surface area contributed by atoms with Gasteiger partial charge in [-0.1, -0.05) is 6.08 Å². The lowest BCUT2D eigenvalue weighted by Crippen LogP contribution is -2.34. The molecule has 1 aliphatic carbocycles. The molecule has 0 unspecified atom stereocenters. The molecule has 0 bridgehead atoms. The summed E-state index contributed by atoms with van der Waals surface area (Å²) in [5.41, 5.74) is 0.390. The van der Waals surface area contributed by atoms with Crippen LogP contribution in [0.25, 0.3) is 0 Å². The standard InChI is InChI=1S/C19H23BrF2O2/c1-2-3-12-4-6-13(7-5-12)15-10-23-19(24-11-15)14-8-16(21)18(20)17(22)9-14/h2,8-9,12-13,15,19H,1,3-7,10-11H2. The van der Waals surface area contributed by atoms with Gasteiger partial charge >= 0.3 is 0 Å². The van der Waals surface area contributed by atoms with Gasteiger partial charge in [0.2, 0.25) is 0 Å². The van der Waals surface area contributed by atoms with Crippen molar-refractivity contribution in [3.8, 4) is 0 Å². The highest BCUT2D eigenvalue weighted by Gasteiger charge is 2.32. The molecule has 1 saturated heterocycles. The Bertz CT molecular complexity index is 554. The third-order valence-electron chi connectivity index (χ3n) is 5.26. The Morgan fingerprint density at radius 1 is 1.04 bits per heavy atom. The zero-order valence-corrected chi connectivity index (χ0v) is 15.2. The molecule has 3 rings (SSSR count). The quantitative estimate of drug-likeness (QED) is 0.471. The van der Waals surface area contributed by atoms with Crippen molar-refractivity contribution in [2.75, 3.05) is 13.2 Å². The number of hydrogen-bond acceptors (Lipinski definition) is 2. The van der Waals surface area contributed by atoms with Gasteiger partial charge in [0.15, 0.2) is 6.29 Å². The SMILES string of the molecule is C=CCC1CCC(C2COC(c3cc(F)c(Br)c(F)c3)OC2)CC1. The van der Waals surface area contributed by atoms with Gasteiger partial charge < -0.3 is 9.47 Å². The fraction of sp³-hybridized carbons (Fsp3) is 0.579. The Morgan fingerprint density at radius 2 is 1.62 bits per heavy atom. The fourth-order valence-corrected chi connectivity index (χ4v) is 4.05. The highest BCUT2D eigenvalue weighted by atomic mass is 79.9. The molecule has 1 aromatic rings. The normalized spacial score (nSPS) is 31.0. The van der Waals surface area contributed by atoms with Gasteiger partial charge in [-0.25, -0.2) is 8.78 Å². The predicted molar refractivity (Wildman–Crippen MR) is 92.5 cm³/mol. The molecular weight excluding hydrogens is 378 g/mol. The molecule has 0 atom stereocenters. The van der Waals surface area contributed by atoms with Crippen LogP contribution in [0.15, 0.2) is 29.3 Å². The Hall–Kier alpha value is -0.780. The minimum Gasteiger partial charge on any atom is -0.348 e. The van der Waals surface area contributed by atoms with Crippen molar-refractivity contribution in [1.29, 1.82) is 0 Å². The maximum absolute atomic E-state index is 13.7. The molecule has 24 heavy (non-hydrogen) atoms. The maximum Gasteiger partial charge on any atom is 0.184 e. The van der Waals surface area contributed by atoms with Crippen molar-refractivity contribution in [3.05, 3.63) is 46.5 Å². The van der Waals surface area contributed by atoms with Crippen molar-refractivity contribution in [1.82, 2.24) is 0 Å². The topological polar surface area (TPSA) is 18.5 Å². The van der Waals surface area contributed by atoms with Gasteiger partial charge in [0.1, 0.15) is 11.6 Å². The predicted octanol–water partition coefficient (Wildman–Crippen LogP) is 5.77. The molecule has 0 spiro atoms. The van der Waals surface area contributed by atoms with Gasteiger partial charge in [0.25, 0.3) is 0 Å². The molecular formula is C19H23BrF2O2. The van der Waals surface area contributed by atoms with Crippen molar-refractivity contribution in [2.24, 2.45) is 17.8 Å². The van der Waals surface area contributed by atoms with Gasteiger partial charge in [-0.15, -0.1) is 6.58 Å². The zero-order chi connectivity index (χ0) is 17.1. The number of hydrogen-bond donors (Lipinski definition) is 0. The van der Waals surface area contributed by atoms with Crippen LogP contribution >= 0.6 is 15.9 Å². The van der Waals surface area contributed by atoms with E-state index in [0.29, 0.717) is 30.6 Å². The van der Waals surface area contributed by atoms with Gasteiger partial charge in [0, 0.05) is 11.5 Å². The van der Waals surface area contributed by atoms with E-state index in [1.165, 1.54) is 37.8 Å². The third kappa shape index (κ3) is 4.06. The summed E-state index contributed by atoms with van der Waals surface area (Å²) in [5.74, 6) is 0.479. The van der Waals surface area contributed by atoms with Crippen LogP contribution in [0.3, 0.4) is 0 Å². The first-order valence-corrected chi connectivity index (χ1v) is 9.36. The molecule has 0 amide bonds. The Kier molecular flexibility index (Phi) is 6.06. The van der Waals surface area contributed by atoms with Crippen LogP contribution in [0.1, 0.15) is 44.0 Å². The minimum atomic E-state index is -0.685. The molecule has 2 aliphatic rings. The first-order chi connectivity index (χ1) is 11.6. The zero-order valence-electron chi connectivity index (χ0n) is 13.6. The number of halogens is 3. The van der Waals surface area contributed by atoms with Crippen LogP contribution in [-0.4, -0.2) is 13.2 Å². The van der Waals surface area contributed by atoms with E-state index in [-0.39, 0.29) is 4.47 Å². The van der Waals surface area contributed by atoms with Crippen LogP contribution in [0.4, 0.5) is 8.78 Å². The van der Waals surface area contributed by atoms with Crippen LogP contribution in [-0.2, 0) is 9.47 Å². The highest BCUT2D eigenvalue weighted by molar-refractivity contribution is 9.10. The summed E-state index contributed by atoms with van der Waals surface area (Å²) >= 11 is 2.88. The van der Waals surface area contributed by atoms with Crippen LogP contribution in [0.2, 0.25) is 0 Å². The van der Waals surface area contributed by atoms with Gasteiger partial charge in [-0.05, 0) is 72.0 Å². The third-order valence-corrected chi connectivity index (χ3v) is 6.02. The number of ether oxygens (including phenoxy) is 2. The van der Waals surface area contributed by atoms with Gasteiger partial charge in [0.05, 0.1) is 17.7 Å². The average Bonchev–Trinajstić information content (AvgIpc) is 2.60. The lowest BCUT2D eigenvalue weighted by atomic mass is 9.75. The summed E-state index contributed by atoms with van der Waals surface area (Å²) in [5, 5.41) is 0. The molecule has 1 heterocycles. The Balaban J connectivity index is 1.54. The van der Waals surface area contributed by atoms with E-state index in [1.54, 1.807) is 0 Å². The van der Waals surface area contributed by atoms with E-state index in [4.69, 9.17) is 9.47 Å². The second-order valence-electron chi connectivity index (χ2n) is 6.86. The average molecular weight is 401 g/mol. The lowest BCUT2D eigenvalue weighted by Gasteiger charge is -2.37. The minimum absolute atomic E-state index is 0.156. The van der Waals surface area contributed by atoms with E-state index < -0.39 is 17.9 Å². The van der Waals surface area contributed by atoms with Crippen molar-refractivity contribution >= 4 is 15.9 Å². The molecule has 5 heteroatoms. The molecule has 1 aromatic carbocycles. The summed E-state index contributed by atoms with van der Waals surface area (Å²) in [7, 11) is 0. The highest BCUT2D eigenvalue weighted by Crippen LogP contribution is 2.38. The second-order valence-corrected chi connectivity index (χ2v) is 7.66. The van der Waals surface area contributed by atoms with E-state index in [9.17, 15) is 8.78 Å². The first kappa shape index (κ1) is 18.0. The smallest absolute Gasteiger partial charge is 0.184 e. The molecule has 0 N–H and O–H groups in total. The maximum atomic E-state index is 13.7. The molecule has 132 valence electrons. The molecule has 1 saturated carbocycles. The number of benzene rings is 1. The Labute approximate surface area is 150 Å². The lowest BCUT2D eigenvalue weighted by molar-refractivity contribution is -0.215. The van der Waals surface area contributed by atoms with Gasteiger partial charge in [-0.3, -0.25) is 0 Å². The van der Waals surface area contributed by atoms with Crippen LogP contribution in [0, 0.1) is 29.4 Å². The largest absolute Gasteiger partial charge is 0.348 e. The second kappa shape index (κ2) is 8.07. The summed E-state index contributed by atoms with van der Waals surface area (Å²) in [4.78, 5) is 0. The fourth-order valence-electron chi connectivity index (χ4n) is 3.83. The summed E-state index contributed by atoms with van der Waals surface area (Å²) < 4.78 is 38.7. The van der Waals surface area contributed by atoms with Crippen LogP contribution < -0.4 is 0 Å². The summed E-state index contributed by atoms with van der Waals surface area (Å²) in [6, 6.07) is 2.53. The van der Waals surface area contributed by atoms with Crippen LogP contribution in [0.5, 0.6) is 0 Å². The van der Waals surface area contributed by atoms with E-state index >= 15 is 0 Å². The Morgan fingerprint density at radius 3 is 2.17 bits per heavy atom.